The quantitative estimate of drug-likeness (QED) is 0.848. The summed E-state index contributed by atoms with van der Waals surface area (Å²) in [6.07, 6.45) is 0.656. The molecule has 1 fully saturated rings. The second kappa shape index (κ2) is 6.32. The number of carbonyl (C=O) groups is 1. The maximum absolute atomic E-state index is 12.1. The Bertz CT molecular complexity index is 558. The lowest BCUT2D eigenvalue weighted by Crippen LogP contribution is -2.27. The van der Waals surface area contributed by atoms with Crippen molar-refractivity contribution in [1.82, 2.24) is 4.90 Å². The minimum Gasteiger partial charge on any atom is -0.384 e. The number of hydrogen-bond donors (Lipinski definition) is 1. The van der Waals surface area contributed by atoms with E-state index in [2.05, 4.69) is 32.6 Å². The molecule has 0 aliphatic carbocycles. The van der Waals surface area contributed by atoms with Gasteiger partial charge in [-0.1, -0.05) is 44.7 Å². The van der Waals surface area contributed by atoms with Gasteiger partial charge in [0, 0.05) is 25.1 Å². The lowest BCUT2D eigenvalue weighted by Gasteiger charge is -2.26. The summed E-state index contributed by atoms with van der Waals surface area (Å²) in [5.74, 6) is 6.18. The molecule has 1 atom stereocenters. The number of rotatable bonds is 2. The average Bonchev–Trinajstić information content (AvgIpc) is 2.79. The summed E-state index contributed by atoms with van der Waals surface area (Å²) in [4.78, 5) is 14.1. The lowest BCUT2D eigenvalue weighted by atomic mass is 9.80. The lowest BCUT2D eigenvalue weighted by molar-refractivity contribution is -0.128. The summed E-state index contributed by atoms with van der Waals surface area (Å²) in [7, 11) is 0. The Hall–Kier alpha value is -1.79. The van der Waals surface area contributed by atoms with E-state index in [9.17, 15) is 4.79 Å². The molecule has 3 heteroatoms. The smallest absolute Gasteiger partial charge is 0.223 e. The van der Waals surface area contributed by atoms with Crippen LogP contribution < -0.4 is 0 Å². The highest BCUT2D eigenvalue weighted by Crippen LogP contribution is 2.34. The van der Waals surface area contributed by atoms with Crippen LogP contribution in [-0.2, 0) is 11.3 Å². The van der Waals surface area contributed by atoms with Crippen LogP contribution in [0.4, 0.5) is 0 Å². The van der Waals surface area contributed by atoms with Gasteiger partial charge < -0.3 is 10.0 Å². The highest BCUT2D eigenvalue weighted by atomic mass is 16.2. The molecule has 1 aromatic carbocycles. The van der Waals surface area contributed by atoms with Gasteiger partial charge >= 0.3 is 0 Å². The van der Waals surface area contributed by atoms with Crippen molar-refractivity contribution < 1.29 is 9.90 Å². The van der Waals surface area contributed by atoms with Crippen LogP contribution in [0.15, 0.2) is 24.3 Å². The SMILES string of the molecule is CC(C)(C)C1CC(=O)N(Cc2ccc(C#CCO)cc2)C1. The highest BCUT2D eigenvalue weighted by molar-refractivity contribution is 5.78. The Balaban J connectivity index is 2.00. The van der Waals surface area contributed by atoms with Crippen molar-refractivity contribution >= 4 is 5.91 Å². The van der Waals surface area contributed by atoms with Crippen molar-refractivity contribution in [2.24, 2.45) is 11.3 Å². The minimum absolute atomic E-state index is 0.127. The molecule has 1 aliphatic rings. The van der Waals surface area contributed by atoms with E-state index in [0.29, 0.717) is 18.9 Å². The predicted molar refractivity (Wildman–Crippen MR) is 83.4 cm³/mol. The maximum Gasteiger partial charge on any atom is 0.223 e. The maximum atomic E-state index is 12.1. The molecule has 1 amide bonds. The van der Waals surface area contributed by atoms with E-state index in [0.717, 1.165) is 17.7 Å². The van der Waals surface area contributed by atoms with E-state index >= 15 is 0 Å². The summed E-state index contributed by atoms with van der Waals surface area (Å²) >= 11 is 0. The summed E-state index contributed by atoms with van der Waals surface area (Å²) in [5.41, 5.74) is 2.18. The Labute approximate surface area is 127 Å². The number of amides is 1. The summed E-state index contributed by atoms with van der Waals surface area (Å²) in [5, 5.41) is 8.67. The first-order chi connectivity index (χ1) is 9.90. The van der Waals surface area contributed by atoms with Gasteiger partial charge in [-0.05, 0) is 29.0 Å². The fourth-order valence-electron chi connectivity index (χ4n) is 2.56. The molecule has 0 aromatic heterocycles. The van der Waals surface area contributed by atoms with E-state index in [1.54, 1.807) is 0 Å². The third-order valence-corrected chi connectivity index (χ3v) is 4.08. The van der Waals surface area contributed by atoms with Crippen molar-refractivity contribution in [3.05, 3.63) is 35.4 Å². The van der Waals surface area contributed by atoms with Crippen LogP contribution in [0.3, 0.4) is 0 Å². The topological polar surface area (TPSA) is 40.5 Å². The van der Waals surface area contributed by atoms with Gasteiger partial charge in [0.15, 0.2) is 0 Å². The summed E-state index contributed by atoms with van der Waals surface area (Å²) in [6, 6.07) is 7.86. The van der Waals surface area contributed by atoms with Crippen molar-refractivity contribution in [2.75, 3.05) is 13.2 Å². The zero-order valence-electron chi connectivity index (χ0n) is 13.0. The van der Waals surface area contributed by atoms with E-state index < -0.39 is 0 Å². The normalized spacial score (nSPS) is 18.6. The van der Waals surface area contributed by atoms with E-state index in [1.807, 2.05) is 29.2 Å². The van der Waals surface area contributed by atoms with E-state index in [1.165, 1.54) is 0 Å². The standard InChI is InChI=1S/C18H23NO2/c1-18(2,3)16-11-17(21)19(13-16)12-15-8-6-14(7-9-15)5-4-10-20/h6-9,16,20H,10-13H2,1-3H3. The molecule has 3 nitrogen and oxygen atoms in total. The monoisotopic (exact) mass is 285 g/mol. The van der Waals surface area contributed by atoms with Gasteiger partial charge in [0.05, 0.1) is 0 Å². The van der Waals surface area contributed by atoms with Crippen LogP contribution in [0.1, 0.15) is 38.3 Å². The van der Waals surface area contributed by atoms with Crippen molar-refractivity contribution in [2.45, 2.75) is 33.7 Å². The molecular weight excluding hydrogens is 262 g/mol. The number of aliphatic hydroxyl groups is 1. The molecule has 1 N–H and O–H groups in total. The van der Waals surface area contributed by atoms with Crippen LogP contribution in [0.2, 0.25) is 0 Å². The number of carbonyl (C=O) groups excluding carboxylic acids is 1. The van der Waals surface area contributed by atoms with Gasteiger partial charge in [0.1, 0.15) is 6.61 Å². The minimum atomic E-state index is -0.127. The molecule has 0 radical (unpaired) electrons. The molecule has 1 aliphatic heterocycles. The summed E-state index contributed by atoms with van der Waals surface area (Å²) < 4.78 is 0. The number of likely N-dealkylation sites (tertiary alicyclic amines) is 1. The Kier molecular flexibility index (Phi) is 4.69. The van der Waals surface area contributed by atoms with Crippen LogP contribution in [0.5, 0.6) is 0 Å². The largest absolute Gasteiger partial charge is 0.384 e. The van der Waals surface area contributed by atoms with E-state index in [-0.39, 0.29) is 17.9 Å². The number of benzene rings is 1. The van der Waals surface area contributed by atoms with Crippen LogP contribution >= 0.6 is 0 Å². The molecule has 112 valence electrons. The Morgan fingerprint density at radius 1 is 1.29 bits per heavy atom. The number of aliphatic hydroxyl groups excluding tert-OH is 1. The Morgan fingerprint density at radius 2 is 1.95 bits per heavy atom. The third-order valence-electron chi connectivity index (χ3n) is 4.08. The second-order valence-electron chi connectivity index (χ2n) is 6.70. The van der Waals surface area contributed by atoms with Gasteiger partial charge in [-0.25, -0.2) is 0 Å². The molecule has 0 saturated carbocycles. The number of nitrogens with zero attached hydrogens (tertiary/aromatic N) is 1. The second-order valence-corrected chi connectivity index (χ2v) is 6.70. The first kappa shape index (κ1) is 15.6. The summed E-state index contributed by atoms with van der Waals surface area (Å²) in [6.45, 7) is 7.97. The zero-order valence-corrected chi connectivity index (χ0v) is 13.0. The van der Waals surface area contributed by atoms with Gasteiger partial charge in [0.25, 0.3) is 0 Å². The van der Waals surface area contributed by atoms with E-state index in [4.69, 9.17) is 5.11 Å². The van der Waals surface area contributed by atoms with Crippen LogP contribution in [0.25, 0.3) is 0 Å². The fraction of sp³-hybridized carbons (Fsp3) is 0.500. The third kappa shape index (κ3) is 4.09. The average molecular weight is 285 g/mol. The van der Waals surface area contributed by atoms with Crippen molar-refractivity contribution in [1.29, 1.82) is 0 Å². The van der Waals surface area contributed by atoms with Crippen LogP contribution in [-0.4, -0.2) is 29.1 Å². The molecular formula is C18H23NO2. The fourth-order valence-corrected chi connectivity index (χ4v) is 2.56. The molecule has 1 saturated heterocycles. The van der Waals surface area contributed by atoms with Gasteiger partial charge in [0.2, 0.25) is 5.91 Å². The van der Waals surface area contributed by atoms with Crippen LogP contribution in [0, 0.1) is 23.2 Å². The predicted octanol–water partition coefficient (Wildman–Crippen LogP) is 2.43. The van der Waals surface area contributed by atoms with Crippen molar-refractivity contribution in [3.63, 3.8) is 0 Å². The first-order valence-corrected chi connectivity index (χ1v) is 7.36. The van der Waals surface area contributed by atoms with Gasteiger partial charge in [-0.2, -0.15) is 0 Å². The number of hydrogen-bond acceptors (Lipinski definition) is 2. The first-order valence-electron chi connectivity index (χ1n) is 7.36. The van der Waals surface area contributed by atoms with Gasteiger partial charge in [-0.15, -0.1) is 0 Å². The molecule has 0 bridgehead atoms. The van der Waals surface area contributed by atoms with Crippen molar-refractivity contribution in [3.8, 4) is 11.8 Å². The molecule has 21 heavy (non-hydrogen) atoms. The molecule has 1 unspecified atom stereocenters. The Morgan fingerprint density at radius 3 is 2.48 bits per heavy atom. The molecule has 1 heterocycles. The zero-order chi connectivity index (χ0) is 15.5. The van der Waals surface area contributed by atoms with Gasteiger partial charge in [-0.3, -0.25) is 4.79 Å². The molecule has 1 aromatic rings. The molecule has 0 spiro atoms. The highest BCUT2D eigenvalue weighted by Gasteiger charge is 2.36. The molecule has 2 rings (SSSR count).